The van der Waals surface area contributed by atoms with E-state index in [1.165, 1.54) is 0 Å². The Morgan fingerprint density at radius 1 is 1.25 bits per heavy atom. The highest BCUT2D eigenvalue weighted by Crippen LogP contribution is 2.61. The highest BCUT2D eigenvalue weighted by molar-refractivity contribution is 5.91. The van der Waals surface area contributed by atoms with Gasteiger partial charge in [-0.15, -0.1) is 0 Å². The van der Waals surface area contributed by atoms with Crippen molar-refractivity contribution in [3.05, 3.63) is 0 Å². The number of nitrogens with zero attached hydrogens (tertiary/aromatic N) is 1. The summed E-state index contributed by atoms with van der Waals surface area (Å²) in [4.78, 5) is 23.4. The van der Waals surface area contributed by atoms with Gasteiger partial charge in [-0.3, -0.25) is 4.79 Å². The van der Waals surface area contributed by atoms with Gasteiger partial charge in [0.2, 0.25) is 6.04 Å². The van der Waals surface area contributed by atoms with Gasteiger partial charge in [-0.25, -0.2) is 4.79 Å². The third-order valence-electron chi connectivity index (χ3n) is 4.84. The van der Waals surface area contributed by atoms with Gasteiger partial charge in [0.15, 0.2) is 0 Å². The lowest BCUT2D eigenvalue weighted by atomic mass is 10.0. The Hall–Kier alpha value is -0.900. The van der Waals surface area contributed by atoms with E-state index in [2.05, 4.69) is 6.92 Å². The number of quaternary nitrogens is 1. The smallest absolute Gasteiger partial charge is 0.378 e. The standard InChI is InChI=1S/C12H18NO3/c1-3-13(2)6-9(13)11(14)16-12(15)10-7-4-5-8(7)10/h7-10H,3-6H2,1-2H3/q+1. The summed E-state index contributed by atoms with van der Waals surface area (Å²) in [7, 11) is 2.03. The number of carbonyl (C=O) groups is 2. The van der Waals surface area contributed by atoms with E-state index in [1.807, 2.05) is 7.05 Å². The molecular weight excluding hydrogens is 206 g/mol. The van der Waals surface area contributed by atoms with Crippen LogP contribution in [-0.4, -0.2) is 42.6 Å². The minimum atomic E-state index is -0.305. The summed E-state index contributed by atoms with van der Waals surface area (Å²) in [5.41, 5.74) is 0. The van der Waals surface area contributed by atoms with Crippen molar-refractivity contribution >= 4 is 11.9 Å². The summed E-state index contributed by atoms with van der Waals surface area (Å²) >= 11 is 0. The summed E-state index contributed by atoms with van der Waals surface area (Å²) in [6.45, 7) is 3.79. The molecule has 3 rings (SSSR count). The number of hydrogen-bond acceptors (Lipinski definition) is 3. The second-order valence-corrected chi connectivity index (χ2v) is 5.66. The molecule has 1 saturated heterocycles. The van der Waals surface area contributed by atoms with Crippen LogP contribution < -0.4 is 0 Å². The number of ether oxygens (including phenoxy) is 1. The first-order chi connectivity index (χ1) is 7.57. The van der Waals surface area contributed by atoms with Crippen LogP contribution in [0.25, 0.3) is 0 Å². The average molecular weight is 224 g/mol. The van der Waals surface area contributed by atoms with E-state index in [4.69, 9.17) is 4.74 Å². The number of esters is 2. The molecule has 4 nitrogen and oxygen atoms in total. The van der Waals surface area contributed by atoms with Gasteiger partial charge < -0.3 is 9.22 Å². The van der Waals surface area contributed by atoms with E-state index < -0.39 is 0 Å². The minimum absolute atomic E-state index is 0.0584. The maximum absolute atomic E-state index is 11.7. The summed E-state index contributed by atoms with van der Waals surface area (Å²) in [5.74, 6) is 0.592. The topological polar surface area (TPSA) is 43.4 Å². The Balaban J connectivity index is 1.52. The Bertz CT molecular complexity index is 357. The van der Waals surface area contributed by atoms with E-state index >= 15 is 0 Å². The third-order valence-corrected chi connectivity index (χ3v) is 4.84. The normalized spacial score (nSPS) is 47.6. The quantitative estimate of drug-likeness (QED) is 0.304. The predicted molar refractivity (Wildman–Crippen MR) is 56.2 cm³/mol. The Kier molecular flexibility index (Phi) is 1.97. The first kappa shape index (κ1) is 10.3. The Morgan fingerprint density at radius 3 is 2.31 bits per heavy atom. The largest absolute Gasteiger partial charge is 0.388 e. The van der Waals surface area contributed by atoms with Gasteiger partial charge in [-0.05, 0) is 31.6 Å². The van der Waals surface area contributed by atoms with Crippen LogP contribution in [0.4, 0.5) is 0 Å². The molecule has 3 aliphatic rings. The van der Waals surface area contributed by atoms with E-state index in [-0.39, 0.29) is 23.9 Å². The van der Waals surface area contributed by atoms with Crippen LogP contribution in [0, 0.1) is 17.8 Å². The molecule has 3 fully saturated rings. The third kappa shape index (κ3) is 1.32. The number of hydrogen-bond donors (Lipinski definition) is 0. The van der Waals surface area contributed by atoms with Gasteiger partial charge >= 0.3 is 11.9 Å². The predicted octanol–water partition coefficient (Wildman–Crippen LogP) is 0.561. The zero-order valence-electron chi connectivity index (χ0n) is 9.81. The molecule has 0 N–H and O–H groups in total. The molecule has 88 valence electrons. The van der Waals surface area contributed by atoms with Gasteiger partial charge in [-0.1, -0.05) is 0 Å². The van der Waals surface area contributed by atoms with Crippen LogP contribution >= 0.6 is 0 Å². The molecular formula is C12H18NO3+. The average Bonchev–Trinajstić information content (AvgIpc) is 3.02. The van der Waals surface area contributed by atoms with E-state index in [1.54, 1.807) is 0 Å². The molecule has 2 saturated carbocycles. The molecule has 0 aromatic heterocycles. The van der Waals surface area contributed by atoms with Crippen LogP contribution in [0.1, 0.15) is 19.8 Å². The van der Waals surface area contributed by atoms with Crippen LogP contribution in [0.5, 0.6) is 0 Å². The molecule has 1 aliphatic heterocycles. The van der Waals surface area contributed by atoms with Gasteiger partial charge in [-0.2, -0.15) is 0 Å². The van der Waals surface area contributed by atoms with Gasteiger partial charge in [0.1, 0.15) is 6.54 Å². The number of rotatable bonds is 3. The van der Waals surface area contributed by atoms with Crippen molar-refractivity contribution in [2.24, 2.45) is 17.8 Å². The van der Waals surface area contributed by atoms with Crippen molar-refractivity contribution < 1.29 is 18.8 Å². The highest BCUT2D eigenvalue weighted by atomic mass is 16.6. The van der Waals surface area contributed by atoms with Crippen LogP contribution in [0.3, 0.4) is 0 Å². The van der Waals surface area contributed by atoms with Crippen molar-refractivity contribution in [3.63, 3.8) is 0 Å². The van der Waals surface area contributed by atoms with Crippen LogP contribution in [0.2, 0.25) is 0 Å². The molecule has 0 aromatic rings. The van der Waals surface area contributed by atoms with Crippen molar-refractivity contribution in [2.75, 3.05) is 20.1 Å². The number of fused-ring (bicyclic) bond motifs is 1. The monoisotopic (exact) mass is 224 g/mol. The lowest BCUT2D eigenvalue weighted by Gasteiger charge is -2.09. The maximum atomic E-state index is 11.7. The summed E-state index contributed by atoms with van der Waals surface area (Å²) in [6, 6.07) is -0.0923. The van der Waals surface area contributed by atoms with Crippen molar-refractivity contribution in [3.8, 4) is 0 Å². The number of likely N-dealkylation sites (N-methyl/N-ethyl adjacent to an activating group) is 1. The van der Waals surface area contributed by atoms with Gasteiger partial charge in [0.25, 0.3) is 0 Å². The molecule has 4 atom stereocenters. The first-order valence-corrected chi connectivity index (χ1v) is 6.16. The lowest BCUT2D eigenvalue weighted by Crippen LogP contribution is -2.30. The van der Waals surface area contributed by atoms with Crippen molar-refractivity contribution in [1.29, 1.82) is 0 Å². The molecule has 0 radical (unpaired) electrons. The zero-order chi connectivity index (χ0) is 11.5. The molecule has 2 aliphatic carbocycles. The highest BCUT2D eigenvalue weighted by Gasteiger charge is 2.63. The zero-order valence-corrected chi connectivity index (χ0v) is 9.81. The Morgan fingerprint density at radius 2 is 1.88 bits per heavy atom. The molecule has 0 aromatic carbocycles. The van der Waals surface area contributed by atoms with Crippen LogP contribution in [0.15, 0.2) is 0 Å². The summed E-state index contributed by atoms with van der Waals surface area (Å²) in [5, 5.41) is 0. The van der Waals surface area contributed by atoms with E-state index in [0.29, 0.717) is 11.8 Å². The van der Waals surface area contributed by atoms with Gasteiger partial charge in [0, 0.05) is 0 Å². The molecule has 0 amide bonds. The molecule has 4 unspecified atom stereocenters. The second-order valence-electron chi connectivity index (χ2n) is 5.66. The summed E-state index contributed by atoms with van der Waals surface area (Å²) in [6.07, 6.45) is 2.29. The molecule has 0 spiro atoms. The molecule has 16 heavy (non-hydrogen) atoms. The Labute approximate surface area is 95.1 Å². The van der Waals surface area contributed by atoms with E-state index in [9.17, 15) is 9.59 Å². The molecule has 4 heteroatoms. The fourth-order valence-corrected chi connectivity index (χ4v) is 2.97. The van der Waals surface area contributed by atoms with Crippen LogP contribution in [-0.2, 0) is 14.3 Å². The van der Waals surface area contributed by atoms with Crippen molar-refractivity contribution in [2.45, 2.75) is 25.8 Å². The SMILES string of the molecule is CC[N+]1(C)CC1C(=O)OC(=O)C1C2CCC21. The fourth-order valence-electron chi connectivity index (χ4n) is 2.97. The van der Waals surface area contributed by atoms with Gasteiger partial charge in [0.05, 0.1) is 19.5 Å². The fraction of sp³-hybridized carbons (Fsp3) is 0.833. The summed E-state index contributed by atoms with van der Waals surface area (Å²) < 4.78 is 5.71. The first-order valence-electron chi connectivity index (χ1n) is 6.16. The number of carbonyl (C=O) groups excluding carboxylic acids is 2. The molecule has 0 bridgehead atoms. The second kappa shape index (κ2) is 3.06. The van der Waals surface area contributed by atoms with E-state index in [0.717, 1.165) is 30.4 Å². The minimum Gasteiger partial charge on any atom is -0.388 e. The maximum Gasteiger partial charge on any atom is 0.378 e. The lowest BCUT2D eigenvalue weighted by molar-refractivity contribution is -0.784. The molecule has 1 heterocycles. The van der Waals surface area contributed by atoms with Crippen molar-refractivity contribution in [1.82, 2.24) is 0 Å².